The van der Waals surface area contributed by atoms with Gasteiger partial charge in [0.05, 0.1) is 5.69 Å². The first-order valence-corrected chi connectivity index (χ1v) is 11.6. The van der Waals surface area contributed by atoms with Crippen LogP contribution in [0.5, 0.6) is 0 Å². The van der Waals surface area contributed by atoms with Crippen molar-refractivity contribution in [2.75, 3.05) is 11.1 Å². The largest absolute Gasteiger partial charge is 0.382 e. The first kappa shape index (κ1) is 20.4. The van der Waals surface area contributed by atoms with Crippen LogP contribution in [-0.4, -0.2) is 30.2 Å². The van der Waals surface area contributed by atoms with Crippen molar-refractivity contribution in [2.45, 2.75) is 31.6 Å². The lowest BCUT2D eigenvalue weighted by Gasteiger charge is -2.27. The molecule has 4 aromatic heterocycles. The fourth-order valence-electron chi connectivity index (χ4n) is 5.04. The highest BCUT2D eigenvalue weighted by Gasteiger charge is 2.31. The van der Waals surface area contributed by atoms with Crippen LogP contribution in [-0.2, 0) is 4.79 Å². The van der Waals surface area contributed by atoms with Crippen LogP contribution < -0.4 is 11.1 Å². The van der Waals surface area contributed by atoms with Crippen LogP contribution >= 0.6 is 0 Å². The molecule has 8 nitrogen and oxygen atoms in total. The van der Waals surface area contributed by atoms with E-state index < -0.39 is 0 Å². The maximum Gasteiger partial charge on any atom is 0.228 e. The van der Waals surface area contributed by atoms with E-state index in [1.165, 1.54) is 0 Å². The van der Waals surface area contributed by atoms with Crippen LogP contribution in [0.15, 0.2) is 67.1 Å². The number of para-hydroxylation sites is 1. The molecule has 1 amide bonds. The fraction of sp³-hybridized carbons (Fsp3) is 0.231. The highest BCUT2D eigenvalue weighted by atomic mass is 16.1. The minimum absolute atomic E-state index is 0.0237. The van der Waals surface area contributed by atoms with Gasteiger partial charge in [0.1, 0.15) is 28.7 Å². The van der Waals surface area contributed by atoms with E-state index in [1.54, 1.807) is 12.4 Å². The number of fused-ring (bicyclic) bond motifs is 2. The van der Waals surface area contributed by atoms with E-state index >= 15 is 0 Å². The molecule has 8 heteroatoms. The highest BCUT2D eigenvalue weighted by molar-refractivity contribution is 5.92. The Balaban J connectivity index is 1.28. The Kier molecular flexibility index (Phi) is 4.98. The number of hydrogen-bond donors (Lipinski definition) is 3. The number of pyridine rings is 1. The zero-order chi connectivity index (χ0) is 23.1. The Morgan fingerprint density at radius 3 is 2.65 bits per heavy atom. The van der Waals surface area contributed by atoms with Gasteiger partial charge in [0.15, 0.2) is 0 Å². The minimum atomic E-state index is -0.0237. The Morgan fingerprint density at radius 1 is 1.03 bits per heavy atom. The summed E-state index contributed by atoms with van der Waals surface area (Å²) in [6.45, 7) is 0. The second kappa shape index (κ2) is 8.30. The summed E-state index contributed by atoms with van der Waals surface area (Å²) in [6, 6.07) is 15.8. The topological polar surface area (TPSA) is 114 Å². The number of nitrogens with one attached hydrogen (secondary N) is 2. The molecule has 0 spiro atoms. The van der Waals surface area contributed by atoms with Crippen LogP contribution in [0.4, 0.5) is 11.6 Å². The Labute approximate surface area is 196 Å². The third-order valence-electron chi connectivity index (χ3n) is 6.77. The normalized spacial score (nSPS) is 18.4. The molecule has 0 radical (unpaired) electrons. The monoisotopic (exact) mass is 451 g/mol. The number of aromatic nitrogens is 5. The summed E-state index contributed by atoms with van der Waals surface area (Å²) in [5.41, 5.74) is 9.93. The third-order valence-corrected chi connectivity index (χ3v) is 6.77. The van der Waals surface area contributed by atoms with E-state index in [9.17, 15) is 4.79 Å². The van der Waals surface area contributed by atoms with Gasteiger partial charge in [-0.3, -0.25) is 9.20 Å². The number of anilines is 2. The van der Waals surface area contributed by atoms with Crippen LogP contribution in [0.3, 0.4) is 0 Å². The van der Waals surface area contributed by atoms with Crippen LogP contribution in [0.1, 0.15) is 37.4 Å². The third kappa shape index (κ3) is 3.57. The molecular formula is C26H25N7O. The Bertz CT molecular complexity index is 1450. The predicted octanol–water partition coefficient (Wildman–Crippen LogP) is 4.77. The van der Waals surface area contributed by atoms with Gasteiger partial charge in [-0.2, -0.15) is 0 Å². The van der Waals surface area contributed by atoms with E-state index in [0.717, 1.165) is 59.3 Å². The smallest absolute Gasteiger partial charge is 0.228 e. The zero-order valence-corrected chi connectivity index (χ0v) is 18.6. The molecule has 170 valence electrons. The quantitative estimate of drug-likeness (QED) is 0.364. The minimum Gasteiger partial charge on any atom is -0.382 e. The van der Waals surface area contributed by atoms with Gasteiger partial charge in [-0.05, 0) is 49.9 Å². The second-order valence-electron chi connectivity index (χ2n) is 8.87. The first-order valence-electron chi connectivity index (χ1n) is 11.6. The molecule has 1 aliphatic carbocycles. The van der Waals surface area contributed by atoms with E-state index in [4.69, 9.17) is 10.7 Å². The van der Waals surface area contributed by atoms with E-state index in [1.807, 2.05) is 36.5 Å². The van der Waals surface area contributed by atoms with Crippen molar-refractivity contribution in [3.8, 4) is 11.4 Å². The Morgan fingerprint density at radius 2 is 1.85 bits per heavy atom. The first-order chi connectivity index (χ1) is 16.7. The summed E-state index contributed by atoms with van der Waals surface area (Å²) in [5, 5.41) is 4.07. The average molecular weight is 452 g/mol. The number of aromatic amines is 1. The summed E-state index contributed by atoms with van der Waals surface area (Å²) in [5.74, 6) is 2.28. The van der Waals surface area contributed by atoms with E-state index in [2.05, 4.69) is 42.9 Å². The van der Waals surface area contributed by atoms with Gasteiger partial charge < -0.3 is 16.0 Å². The Hall–Kier alpha value is -4.20. The van der Waals surface area contributed by atoms with Crippen molar-refractivity contribution >= 4 is 34.0 Å². The standard InChI is InChI=1S/C26H25N7O/c27-24-23-22(20-15-18-5-1-2-6-19(18)30-20)32-25(33(23)14-13-29-24)16-8-10-17(11-9-16)26(34)31-21-7-3-4-12-28-21/h1-7,12-17,30H,8-11H2,(H2,27,29)(H,28,31,34). The van der Waals surface area contributed by atoms with Crippen molar-refractivity contribution in [2.24, 2.45) is 5.92 Å². The number of imidazole rings is 1. The van der Waals surface area contributed by atoms with Gasteiger partial charge in [-0.15, -0.1) is 0 Å². The second-order valence-corrected chi connectivity index (χ2v) is 8.87. The summed E-state index contributed by atoms with van der Waals surface area (Å²) < 4.78 is 2.07. The lowest BCUT2D eigenvalue weighted by atomic mass is 9.81. The number of nitrogens with zero attached hydrogens (tertiary/aromatic N) is 4. The number of rotatable bonds is 4. The molecule has 1 aliphatic rings. The lowest BCUT2D eigenvalue weighted by molar-refractivity contribution is -0.120. The number of carbonyl (C=O) groups excluding carboxylic acids is 1. The summed E-state index contributed by atoms with van der Waals surface area (Å²) >= 11 is 0. The SMILES string of the molecule is Nc1nccn2c(C3CCC(C(=O)Nc4ccccn4)CC3)nc(-c3cc4ccccc4[nH]3)c12. The molecule has 4 N–H and O–H groups in total. The van der Waals surface area contributed by atoms with E-state index in [0.29, 0.717) is 11.6 Å². The number of amides is 1. The molecule has 1 aromatic carbocycles. The van der Waals surface area contributed by atoms with Crippen molar-refractivity contribution in [1.82, 2.24) is 24.3 Å². The van der Waals surface area contributed by atoms with Crippen molar-refractivity contribution in [3.63, 3.8) is 0 Å². The fourth-order valence-corrected chi connectivity index (χ4v) is 5.04. The lowest BCUT2D eigenvalue weighted by Crippen LogP contribution is -2.27. The van der Waals surface area contributed by atoms with Gasteiger partial charge in [0.2, 0.25) is 5.91 Å². The zero-order valence-electron chi connectivity index (χ0n) is 18.6. The number of carbonyl (C=O) groups is 1. The number of nitrogens with two attached hydrogens (primary N) is 1. The molecule has 6 rings (SSSR count). The summed E-state index contributed by atoms with van der Waals surface area (Å²) in [4.78, 5) is 29.8. The molecule has 0 saturated heterocycles. The van der Waals surface area contributed by atoms with Crippen molar-refractivity contribution < 1.29 is 4.79 Å². The highest BCUT2D eigenvalue weighted by Crippen LogP contribution is 2.39. The summed E-state index contributed by atoms with van der Waals surface area (Å²) in [6.07, 6.45) is 8.71. The van der Waals surface area contributed by atoms with E-state index in [-0.39, 0.29) is 17.7 Å². The average Bonchev–Trinajstić information content (AvgIpc) is 3.47. The summed E-state index contributed by atoms with van der Waals surface area (Å²) in [7, 11) is 0. The molecular weight excluding hydrogens is 426 g/mol. The molecule has 5 aromatic rings. The number of H-pyrrole nitrogens is 1. The molecule has 0 bridgehead atoms. The van der Waals surface area contributed by atoms with Crippen molar-refractivity contribution in [1.29, 1.82) is 0 Å². The van der Waals surface area contributed by atoms with Crippen LogP contribution in [0, 0.1) is 5.92 Å². The number of hydrogen-bond acceptors (Lipinski definition) is 5. The molecule has 0 atom stereocenters. The molecule has 1 saturated carbocycles. The number of benzene rings is 1. The molecule has 34 heavy (non-hydrogen) atoms. The van der Waals surface area contributed by atoms with Crippen LogP contribution in [0.25, 0.3) is 27.8 Å². The molecule has 4 heterocycles. The molecule has 1 fully saturated rings. The van der Waals surface area contributed by atoms with Crippen molar-refractivity contribution in [3.05, 3.63) is 72.9 Å². The molecule has 0 aliphatic heterocycles. The van der Waals surface area contributed by atoms with Gasteiger partial charge in [-0.25, -0.2) is 15.0 Å². The van der Waals surface area contributed by atoms with Gasteiger partial charge >= 0.3 is 0 Å². The van der Waals surface area contributed by atoms with Gasteiger partial charge in [0.25, 0.3) is 0 Å². The van der Waals surface area contributed by atoms with Crippen LogP contribution in [0.2, 0.25) is 0 Å². The maximum absolute atomic E-state index is 12.7. The predicted molar refractivity (Wildman–Crippen MR) is 132 cm³/mol. The van der Waals surface area contributed by atoms with Gasteiger partial charge in [-0.1, -0.05) is 24.3 Å². The van der Waals surface area contributed by atoms with Gasteiger partial charge in [0, 0.05) is 41.3 Å². The maximum atomic E-state index is 12.7. The number of nitrogen functional groups attached to an aromatic ring is 1. The molecule has 0 unspecified atom stereocenters.